The van der Waals surface area contributed by atoms with Gasteiger partial charge in [-0.25, -0.2) is 0 Å². The number of hydrogen-bond donors (Lipinski definition) is 2. The predicted molar refractivity (Wildman–Crippen MR) is 134 cm³/mol. The van der Waals surface area contributed by atoms with Crippen molar-refractivity contribution in [2.75, 3.05) is 33.2 Å². The molecule has 1 aliphatic carbocycles. The Morgan fingerprint density at radius 1 is 1.24 bits per heavy atom. The molecule has 0 radical (unpaired) electrons. The monoisotopic (exact) mass is 576 g/mol. The molecule has 0 aromatic heterocycles. The third kappa shape index (κ3) is 6.32. The van der Waals surface area contributed by atoms with E-state index in [4.69, 9.17) is 4.99 Å². The van der Waals surface area contributed by atoms with E-state index < -0.39 is 0 Å². The van der Waals surface area contributed by atoms with E-state index in [1.807, 2.05) is 0 Å². The summed E-state index contributed by atoms with van der Waals surface area (Å²) >= 11 is 3.54. The van der Waals surface area contributed by atoms with Gasteiger partial charge >= 0.3 is 0 Å². The van der Waals surface area contributed by atoms with Crippen molar-refractivity contribution in [2.45, 2.75) is 50.9 Å². The molecule has 1 heterocycles. The lowest BCUT2D eigenvalue weighted by Gasteiger charge is -2.42. The second-order valence-corrected chi connectivity index (χ2v) is 9.03. The van der Waals surface area contributed by atoms with E-state index in [1.165, 1.54) is 24.8 Å². The first-order valence-corrected chi connectivity index (χ1v) is 11.4. The predicted octanol–water partition coefficient (Wildman–Crippen LogP) is 4.30. The summed E-state index contributed by atoms with van der Waals surface area (Å²) in [5, 5.41) is 6.23. The highest BCUT2D eigenvalue weighted by molar-refractivity contribution is 14.0. The number of nitrogens with zero attached hydrogens (tertiary/aromatic N) is 2. The van der Waals surface area contributed by atoms with Crippen LogP contribution in [0.1, 0.15) is 51.0 Å². The summed E-state index contributed by atoms with van der Waals surface area (Å²) in [6, 6.07) is 8.77. The van der Waals surface area contributed by atoms with E-state index in [1.54, 1.807) is 7.05 Å². The normalized spacial score (nSPS) is 19.1. The van der Waals surface area contributed by atoms with Crippen molar-refractivity contribution in [3.63, 3.8) is 0 Å². The molecule has 7 heteroatoms. The standard InChI is InChI=1S/C22H33BrN4O.HI/c1-3-25-21(27-13-9-17(10-14-27)15-20(28)24-2)26-16-22(11-4-12-22)18-5-7-19(23)8-6-18;/h5-8,17H,3-4,9-16H2,1-2H3,(H,24,28)(H,25,26);1H. The number of piperidine rings is 1. The van der Waals surface area contributed by atoms with E-state index in [0.29, 0.717) is 12.3 Å². The van der Waals surface area contributed by atoms with E-state index in [9.17, 15) is 4.79 Å². The lowest BCUT2D eigenvalue weighted by Crippen LogP contribution is -2.47. The largest absolute Gasteiger partial charge is 0.359 e. The Morgan fingerprint density at radius 2 is 1.90 bits per heavy atom. The summed E-state index contributed by atoms with van der Waals surface area (Å²) in [6.45, 7) is 5.79. The van der Waals surface area contributed by atoms with Crippen molar-refractivity contribution < 1.29 is 4.79 Å². The Morgan fingerprint density at radius 3 is 2.41 bits per heavy atom. The van der Waals surface area contributed by atoms with Crippen LogP contribution in [0.4, 0.5) is 0 Å². The van der Waals surface area contributed by atoms with Crippen LogP contribution in [0.25, 0.3) is 0 Å². The first-order valence-electron chi connectivity index (χ1n) is 10.6. The maximum Gasteiger partial charge on any atom is 0.220 e. The number of guanidine groups is 1. The van der Waals surface area contributed by atoms with Crippen LogP contribution in [-0.2, 0) is 10.2 Å². The summed E-state index contributed by atoms with van der Waals surface area (Å²) in [6.07, 6.45) is 6.46. The minimum absolute atomic E-state index is 0. The summed E-state index contributed by atoms with van der Waals surface area (Å²) in [5.41, 5.74) is 1.60. The van der Waals surface area contributed by atoms with E-state index >= 15 is 0 Å². The zero-order chi connectivity index (χ0) is 20.0. The van der Waals surface area contributed by atoms with Crippen LogP contribution in [0.2, 0.25) is 0 Å². The highest BCUT2D eigenvalue weighted by atomic mass is 127. The summed E-state index contributed by atoms with van der Waals surface area (Å²) < 4.78 is 1.13. The molecule has 2 N–H and O–H groups in total. The number of halogens is 2. The van der Waals surface area contributed by atoms with Crippen LogP contribution in [0, 0.1) is 5.92 Å². The van der Waals surface area contributed by atoms with Gasteiger partial charge in [-0.05, 0) is 56.2 Å². The molecular weight excluding hydrogens is 543 g/mol. The highest BCUT2D eigenvalue weighted by Crippen LogP contribution is 2.44. The number of aliphatic imine (C=N–C) groups is 1. The molecule has 29 heavy (non-hydrogen) atoms. The molecule has 1 saturated heterocycles. The van der Waals surface area contributed by atoms with Gasteiger partial charge in [0.05, 0.1) is 6.54 Å². The molecular formula is C22H34BrIN4O. The van der Waals surface area contributed by atoms with Gasteiger partial charge < -0.3 is 15.5 Å². The van der Waals surface area contributed by atoms with Crippen molar-refractivity contribution in [3.05, 3.63) is 34.3 Å². The number of carbonyl (C=O) groups excluding carboxylic acids is 1. The van der Waals surface area contributed by atoms with Crippen LogP contribution >= 0.6 is 39.9 Å². The lowest BCUT2D eigenvalue weighted by molar-refractivity contribution is -0.121. The van der Waals surface area contributed by atoms with Crippen molar-refractivity contribution in [1.82, 2.24) is 15.5 Å². The zero-order valence-electron chi connectivity index (χ0n) is 17.5. The fraction of sp³-hybridized carbons (Fsp3) is 0.636. The molecule has 0 unspecified atom stereocenters. The fourth-order valence-corrected chi connectivity index (χ4v) is 4.57. The van der Waals surface area contributed by atoms with E-state index in [2.05, 4.69) is 62.7 Å². The SMILES string of the molecule is CCNC(=NCC1(c2ccc(Br)cc2)CCC1)N1CCC(CC(=O)NC)CC1.I. The molecule has 3 rings (SSSR count). The minimum Gasteiger partial charge on any atom is -0.359 e. The first-order chi connectivity index (χ1) is 13.6. The Kier molecular flexibility index (Phi) is 9.72. The number of likely N-dealkylation sites (tertiary alicyclic amines) is 1. The Bertz CT molecular complexity index is 683. The topological polar surface area (TPSA) is 56.7 Å². The number of rotatable bonds is 6. The van der Waals surface area contributed by atoms with Crippen LogP contribution in [0.15, 0.2) is 33.7 Å². The molecule has 2 aliphatic rings. The van der Waals surface area contributed by atoms with Gasteiger partial charge in [0.25, 0.3) is 0 Å². The van der Waals surface area contributed by atoms with Gasteiger partial charge in [0.2, 0.25) is 5.91 Å². The van der Waals surface area contributed by atoms with E-state index in [-0.39, 0.29) is 35.3 Å². The van der Waals surface area contributed by atoms with Crippen molar-refractivity contribution in [3.8, 4) is 0 Å². The van der Waals surface area contributed by atoms with Gasteiger partial charge in [0.15, 0.2) is 5.96 Å². The molecule has 0 atom stereocenters. The van der Waals surface area contributed by atoms with Gasteiger partial charge in [-0.15, -0.1) is 24.0 Å². The molecule has 5 nitrogen and oxygen atoms in total. The van der Waals surface area contributed by atoms with Crippen molar-refractivity contribution in [2.24, 2.45) is 10.9 Å². The average Bonchev–Trinajstić information content (AvgIpc) is 2.68. The second-order valence-electron chi connectivity index (χ2n) is 8.12. The molecule has 1 aromatic rings. The lowest BCUT2D eigenvalue weighted by atomic mass is 9.64. The highest BCUT2D eigenvalue weighted by Gasteiger charge is 2.38. The smallest absolute Gasteiger partial charge is 0.220 e. The van der Waals surface area contributed by atoms with Crippen LogP contribution in [0.5, 0.6) is 0 Å². The van der Waals surface area contributed by atoms with Gasteiger partial charge in [0, 0.05) is 43.0 Å². The van der Waals surface area contributed by atoms with Crippen molar-refractivity contribution in [1.29, 1.82) is 0 Å². The molecule has 1 saturated carbocycles. The molecule has 1 amide bonds. The minimum atomic E-state index is 0. The number of benzene rings is 1. The van der Waals surface area contributed by atoms with Gasteiger partial charge in [-0.2, -0.15) is 0 Å². The fourth-order valence-electron chi connectivity index (χ4n) is 4.31. The third-order valence-electron chi connectivity index (χ3n) is 6.30. The molecule has 1 aliphatic heterocycles. The quantitative estimate of drug-likeness (QED) is 0.301. The first kappa shape index (κ1) is 24.4. The van der Waals surface area contributed by atoms with Crippen LogP contribution < -0.4 is 10.6 Å². The molecule has 0 bridgehead atoms. The van der Waals surface area contributed by atoms with Gasteiger partial charge in [0.1, 0.15) is 0 Å². The Hall–Kier alpha value is -0.830. The maximum absolute atomic E-state index is 11.6. The Balaban J connectivity index is 0.00000300. The third-order valence-corrected chi connectivity index (χ3v) is 6.83. The zero-order valence-corrected chi connectivity index (χ0v) is 21.5. The molecule has 2 fully saturated rings. The Labute approximate surface area is 200 Å². The maximum atomic E-state index is 11.6. The summed E-state index contributed by atoms with van der Waals surface area (Å²) in [5.74, 6) is 1.67. The number of hydrogen-bond acceptors (Lipinski definition) is 2. The number of nitrogens with one attached hydrogen (secondary N) is 2. The van der Waals surface area contributed by atoms with E-state index in [0.717, 1.165) is 49.5 Å². The van der Waals surface area contributed by atoms with Gasteiger partial charge in [-0.3, -0.25) is 9.79 Å². The average molecular weight is 577 g/mol. The molecule has 1 aromatic carbocycles. The summed E-state index contributed by atoms with van der Waals surface area (Å²) in [7, 11) is 1.72. The molecule has 0 spiro atoms. The second kappa shape index (κ2) is 11.5. The van der Waals surface area contributed by atoms with Crippen LogP contribution in [0.3, 0.4) is 0 Å². The number of amides is 1. The summed E-state index contributed by atoms with van der Waals surface area (Å²) in [4.78, 5) is 19.1. The molecule has 162 valence electrons. The van der Waals surface area contributed by atoms with Gasteiger partial charge in [-0.1, -0.05) is 34.5 Å². The van der Waals surface area contributed by atoms with Crippen molar-refractivity contribution >= 4 is 51.8 Å². The number of carbonyl (C=O) groups is 1. The van der Waals surface area contributed by atoms with Crippen LogP contribution in [-0.4, -0.2) is 50.0 Å².